The second-order valence-electron chi connectivity index (χ2n) is 3.33. The lowest BCUT2D eigenvalue weighted by atomic mass is 10.3. The topological polar surface area (TPSA) is 30.0 Å². The van der Waals surface area contributed by atoms with Crippen molar-refractivity contribution >= 4 is 52.9 Å². The van der Waals surface area contributed by atoms with Crippen molar-refractivity contribution in [2.45, 2.75) is 9.79 Å². The van der Waals surface area contributed by atoms with Gasteiger partial charge < -0.3 is 0 Å². The lowest BCUT2D eigenvalue weighted by Crippen LogP contribution is -1.89. The largest absolute Gasteiger partial charge is 0.298 e. The predicted octanol–water partition coefficient (Wildman–Crippen LogP) is 5.01. The highest BCUT2D eigenvalue weighted by molar-refractivity contribution is 7.99. The van der Waals surface area contributed by atoms with E-state index in [0.717, 1.165) is 4.90 Å². The summed E-state index contributed by atoms with van der Waals surface area (Å²) in [5.74, 6) is 0. The standard InChI is InChI=1S/C12H6Cl3NOS/c13-9-2-1-7(3-10(9)14)18-12-5-16-4-11(15)8(12)6-17/h1-6H. The van der Waals surface area contributed by atoms with Crippen LogP contribution in [0.3, 0.4) is 0 Å². The molecule has 2 rings (SSSR count). The smallest absolute Gasteiger partial charge is 0.152 e. The average Bonchev–Trinajstić information content (AvgIpc) is 2.34. The van der Waals surface area contributed by atoms with Crippen molar-refractivity contribution in [3.8, 4) is 0 Å². The molecule has 1 aromatic carbocycles. The molecule has 2 aromatic rings. The van der Waals surface area contributed by atoms with E-state index >= 15 is 0 Å². The first kappa shape index (κ1) is 13.7. The van der Waals surface area contributed by atoms with Crippen LogP contribution in [0.25, 0.3) is 0 Å². The summed E-state index contributed by atoms with van der Waals surface area (Å²) in [6.07, 6.45) is 3.73. The quantitative estimate of drug-likeness (QED) is 0.745. The van der Waals surface area contributed by atoms with Gasteiger partial charge in [-0.25, -0.2) is 0 Å². The van der Waals surface area contributed by atoms with Crippen molar-refractivity contribution in [2.75, 3.05) is 0 Å². The molecule has 0 saturated carbocycles. The lowest BCUT2D eigenvalue weighted by molar-refractivity contribution is 0.112. The molecule has 92 valence electrons. The van der Waals surface area contributed by atoms with E-state index in [0.29, 0.717) is 31.8 Å². The van der Waals surface area contributed by atoms with Crippen LogP contribution in [0, 0.1) is 0 Å². The zero-order valence-electron chi connectivity index (χ0n) is 8.86. The van der Waals surface area contributed by atoms with Gasteiger partial charge in [-0.15, -0.1) is 0 Å². The van der Waals surface area contributed by atoms with E-state index in [1.807, 2.05) is 6.07 Å². The van der Waals surface area contributed by atoms with Crippen LogP contribution in [0.1, 0.15) is 10.4 Å². The molecule has 0 aliphatic rings. The number of hydrogen-bond acceptors (Lipinski definition) is 3. The molecule has 18 heavy (non-hydrogen) atoms. The van der Waals surface area contributed by atoms with Crippen molar-refractivity contribution in [1.82, 2.24) is 4.98 Å². The first-order valence-corrected chi connectivity index (χ1v) is 6.78. The number of carbonyl (C=O) groups excluding carboxylic acids is 1. The minimum absolute atomic E-state index is 0.329. The Kier molecular flexibility index (Phi) is 4.51. The maximum atomic E-state index is 11.0. The normalized spacial score (nSPS) is 10.4. The van der Waals surface area contributed by atoms with E-state index in [1.165, 1.54) is 18.0 Å². The third-order valence-corrected chi connectivity index (χ3v) is 4.21. The Balaban J connectivity index is 2.36. The number of hydrogen-bond donors (Lipinski definition) is 0. The fraction of sp³-hybridized carbons (Fsp3) is 0. The first-order chi connectivity index (χ1) is 8.61. The van der Waals surface area contributed by atoms with Crippen LogP contribution in [0.15, 0.2) is 40.4 Å². The number of benzene rings is 1. The molecule has 1 aromatic heterocycles. The van der Waals surface area contributed by atoms with Gasteiger partial charge in [0.15, 0.2) is 6.29 Å². The summed E-state index contributed by atoms with van der Waals surface area (Å²) in [4.78, 5) is 16.5. The highest BCUT2D eigenvalue weighted by Gasteiger charge is 2.09. The van der Waals surface area contributed by atoms with Gasteiger partial charge in [0.2, 0.25) is 0 Å². The van der Waals surface area contributed by atoms with Gasteiger partial charge in [0, 0.05) is 27.7 Å². The maximum Gasteiger partial charge on any atom is 0.152 e. The molecule has 0 atom stereocenters. The number of rotatable bonds is 3. The Morgan fingerprint density at radius 2 is 1.83 bits per heavy atom. The van der Waals surface area contributed by atoms with Crippen molar-refractivity contribution in [1.29, 1.82) is 0 Å². The summed E-state index contributed by atoms with van der Waals surface area (Å²) in [5, 5.41) is 1.28. The number of nitrogens with zero attached hydrogens (tertiary/aromatic N) is 1. The van der Waals surface area contributed by atoms with Crippen LogP contribution in [-0.4, -0.2) is 11.3 Å². The molecular weight excluding hydrogens is 313 g/mol. The highest BCUT2D eigenvalue weighted by Crippen LogP contribution is 2.35. The van der Waals surface area contributed by atoms with E-state index < -0.39 is 0 Å². The first-order valence-electron chi connectivity index (χ1n) is 4.83. The number of aromatic nitrogens is 1. The molecule has 0 aliphatic carbocycles. The molecule has 0 radical (unpaired) electrons. The Labute approximate surface area is 123 Å². The number of aldehydes is 1. The van der Waals surface area contributed by atoms with Crippen molar-refractivity contribution in [3.05, 3.63) is 51.2 Å². The summed E-state index contributed by atoms with van der Waals surface area (Å²) in [6, 6.07) is 5.24. The van der Waals surface area contributed by atoms with Crippen molar-refractivity contribution in [3.63, 3.8) is 0 Å². The van der Waals surface area contributed by atoms with Crippen LogP contribution in [0.2, 0.25) is 15.1 Å². The number of pyridine rings is 1. The number of carbonyl (C=O) groups is 1. The molecule has 0 N–H and O–H groups in total. The lowest BCUT2D eigenvalue weighted by Gasteiger charge is -2.06. The number of halogens is 3. The van der Waals surface area contributed by atoms with Gasteiger partial charge in [-0.1, -0.05) is 46.6 Å². The SMILES string of the molecule is O=Cc1c(Cl)cncc1Sc1ccc(Cl)c(Cl)c1. The Morgan fingerprint density at radius 1 is 1.06 bits per heavy atom. The van der Waals surface area contributed by atoms with Crippen LogP contribution in [0.4, 0.5) is 0 Å². The average molecular weight is 319 g/mol. The molecular formula is C12H6Cl3NOS. The fourth-order valence-electron chi connectivity index (χ4n) is 1.29. The molecule has 0 amide bonds. The van der Waals surface area contributed by atoms with E-state index in [4.69, 9.17) is 34.8 Å². The highest BCUT2D eigenvalue weighted by atomic mass is 35.5. The minimum atomic E-state index is 0.329. The second kappa shape index (κ2) is 5.93. The molecule has 0 saturated heterocycles. The zero-order chi connectivity index (χ0) is 13.1. The van der Waals surface area contributed by atoms with Crippen LogP contribution < -0.4 is 0 Å². The van der Waals surface area contributed by atoms with Crippen LogP contribution in [0.5, 0.6) is 0 Å². The van der Waals surface area contributed by atoms with Crippen molar-refractivity contribution < 1.29 is 4.79 Å². The van der Waals surface area contributed by atoms with Gasteiger partial charge in [-0.3, -0.25) is 9.78 Å². The van der Waals surface area contributed by atoms with Gasteiger partial charge in [0.05, 0.1) is 15.1 Å². The minimum Gasteiger partial charge on any atom is -0.298 e. The molecule has 0 fully saturated rings. The molecule has 0 unspecified atom stereocenters. The maximum absolute atomic E-state index is 11.0. The molecule has 0 aliphatic heterocycles. The molecule has 1 heterocycles. The third-order valence-electron chi connectivity index (χ3n) is 2.14. The summed E-state index contributed by atoms with van der Waals surface area (Å²) in [5.41, 5.74) is 0.419. The zero-order valence-corrected chi connectivity index (χ0v) is 11.9. The van der Waals surface area contributed by atoms with Gasteiger partial charge in [0.25, 0.3) is 0 Å². The van der Waals surface area contributed by atoms with E-state index in [9.17, 15) is 4.79 Å². The van der Waals surface area contributed by atoms with Crippen LogP contribution in [-0.2, 0) is 0 Å². The van der Waals surface area contributed by atoms with Gasteiger partial charge in [-0.05, 0) is 18.2 Å². The molecule has 0 spiro atoms. The third kappa shape index (κ3) is 2.98. The van der Waals surface area contributed by atoms with E-state index in [2.05, 4.69) is 4.98 Å². The summed E-state index contributed by atoms with van der Waals surface area (Å²) >= 11 is 19.0. The van der Waals surface area contributed by atoms with Gasteiger partial charge in [0.1, 0.15) is 0 Å². The van der Waals surface area contributed by atoms with Crippen LogP contribution >= 0.6 is 46.6 Å². The van der Waals surface area contributed by atoms with E-state index in [-0.39, 0.29) is 0 Å². The monoisotopic (exact) mass is 317 g/mol. The van der Waals surface area contributed by atoms with Gasteiger partial charge >= 0.3 is 0 Å². The fourth-order valence-corrected chi connectivity index (χ4v) is 2.86. The Morgan fingerprint density at radius 3 is 2.50 bits per heavy atom. The summed E-state index contributed by atoms with van der Waals surface area (Å²) < 4.78 is 0. The Hall–Kier alpha value is -0.740. The van der Waals surface area contributed by atoms with E-state index in [1.54, 1.807) is 18.3 Å². The Bertz CT molecular complexity index is 604. The molecule has 0 bridgehead atoms. The second-order valence-corrected chi connectivity index (χ2v) is 5.67. The van der Waals surface area contributed by atoms with Crippen molar-refractivity contribution in [2.24, 2.45) is 0 Å². The summed E-state index contributed by atoms with van der Waals surface area (Å²) in [7, 11) is 0. The molecule has 6 heteroatoms. The summed E-state index contributed by atoms with van der Waals surface area (Å²) in [6.45, 7) is 0. The molecule has 2 nitrogen and oxygen atoms in total. The predicted molar refractivity (Wildman–Crippen MR) is 75.2 cm³/mol. The van der Waals surface area contributed by atoms with Gasteiger partial charge in [-0.2, -0.15) is 0 Å².